The molecule has 17 heavy (non-hydrogen) atoms. The third kappa shape index (κ3) is 3.32. The molecule has 0 aliphatic heterocycles. The fourth-order valence-corrected chi connectivity index (χ4v) is 2.76. The minimum Gasteiger partial charge on any atom is -0.474 e. The van der Waals surface area contributed by atoms with Crippen molar-refractivity contribution in [3.63, 3.8) is 0 Å². The fourth-order valence-electron chi connectivity index (χ4n) is 2.76. The van der Waals surface area contributed by atoms with Crippen molar-refractivity contribution in [1.82, 2.24) is 9.97 Å². The first-order chi connectivity index (χ1) is 8.02. The molecular weight excluding hydrogens is 214 g/mol. The Balaban J connectivity index is 2.04. The molecule has 0 spiro atoms. The second-order valence-electron chi connectivity index (χ2n) is 5.34. The summed E-state index contributed by atoms with van der Waals surface area (Å²) in [5.74, 6) is 3.20. The molecule has 2 atom stereocenters. The molecule has 94 valence electrons. The molecule has 1 aromatic heterocycles. The third-order valence-corrected chi connectivity index (χ3v) is 3.26. The standard InChI is InChI=1S/C13H21N3O/c1-8-4-9(2)6-11(5-8)17-13-7-12(14)15-10(3)16-13/h7-9,11H,4-6H2,1-3H3,(H2,14,15,16). The van der Waals surface area contributed by atoms with Crippen molar-refractivity contribution in [1.29, 1.82) is 0 Å². The van der Waals surface area contributed by atoms with Gasteiger partial charge in [0.1, 0.15) is 17.7 Å². The molecule has 0 saturated heterocycles. The lowest BCUT2D eigenvalue weighted by atomic mass is 9.82. The van der Waals surface area contributed by atoms with Crippen LogP contribution in [0.5, 0.6) is 5.88 Å². The molecule has 2 rings (SSSR count). The van der Waals surface area contributed by atoms with E-state index in [4.69, 9.17) is 10.5 Å². The zero-order valence-electron chi connectivity index (χ0n) is 10.8. The molecule has 0 bridgehead atoms. The van der Waals surface area contributed by atoms with Crippen molar-refractivity contribution in [2.24, 2.45) is 11.8 Å². The molecule has 0 amide bonds. The van der Waals surface area contributed by atoms with Crippen LogP contribution in [0.25, 0.3) is 0 Å². The molecule has 2 unspecified atom stereocenters. The Morgan fingerprint density at radius 2 is 1.82 bits per heavy atom. The summed E-state index contributed by atoms with van der Waals surface area (Å²) in [6, 6.07) is 1.71. The summed E-state index contributed by atoms with van der Waals surface area (Å²) in [5.41, 5.74) is 5.69. The van der Waals surface area contributed by atoms with E-state index in [1.807, 2.05) is 6.92 Å². The number of nitrogens with two attached hydrogens (primary N) is 1. The summed E-state index contributed by atoms with van der Waals surface area (Å²) in [6.07, 6.45) is 3.77. The number of nitrogens with zero attached hydrogens (tertiary/aromatic N) is 2. The van der Waals surface area contributed by atoms with Crippen molar-refractivity contribution >= 4 is 5.82 Å². The minimum atomic E-state index is 0.266. The highest BCUT2D eigenvalue weighted by atomic mass is 16.5. The number of nitrogen functional groups attached to an aromatic ring is 1. The van der Waals surface area contributed by atoms with Gasteiger partial charge >= 0.3 is 0 Å². The highest BCUT2D eigenvalue weighted by Crippen LogP contribution is 2.31. The van der Waals surface area contributed by atoms with Crippen molar-refractivity contribution in [2.45, 2.75) is 46.1 Å². The van der Waals surface area contributed by atoms with E-state index in [2.05, 4.69) is 23.8 Å². The number of hydrogen-bond acceptors (Lipinski definition) is 4. The Morgan fingerprint density at radius 1 is 1.18 bits per heavy atom. The lowest BCUT2D eigenvalue weighted by Gasteiger charge is -2.31. The van der Waals surface area contributed by atoms with E-state index in [9.17, 15) is 0 Å². The van der Waals surface area contributed by atoms with Gasteiger partial charge in [-0.15, -0.1) is 0 Å². The van der Waals surface area contributed by atoms with Crippen LogP contribution in [-0.4, -0.2) is 16.1 Å². The first kappa shape index (κ1) is 12.1. The van der Waals surface area contributed by atoms with Crippen LogP contribution < -0.4 is 10.5 Å². The Labute approximate surface area is 103 Å². The number of ether oxygens (including phenoxy) is 1. The van der Waals surface area contributed by atoms with Gasteiger partial charge in [-0.25, -0.2) is 4.98 Å². The average molecular weight is 235 g/mol. The molecule has 4 heteroatoms. The molecule has 2 N–H and O–H groups in total. The number of aromatic nitrogens is 2. The van der Waals surface area contributed by atoms with E-state index < -0.39 is 0 Å². The van der Waals surface area contributed by atoms with E-state index in [1.165, 1.54) is 6.42 Å². The van der Waals surface area contributed by atoms with Gasteiger partial charge in [-0.2, -0.15) is 4.98 Å². The first-order valence-electron chi connectivity index (χ1n) is 6.30. The highest BCUT2D eigenvalue weighted by molar-refractivity contribution is 5.32. The molecule has 0 radical (unpaired) electrons. The SMILES string of the molecule is Cc1nc(N)cc(OC2CC(C)CC(C)C2)n1. The van der Waals surface area contributed by atoms with Crippen LogP contribution >= 0.6 is 0 Å². The monoisotopic (exact) mass is 235 g/mol. The molecule has 1 aromatic rings. The van der Waals surface area contributed by atoms with Crippen LogP contribution in [0.3, 0.4) is 0 Å². The molecule has 4 nitrogen and oxygen atoms in total. The van der Waals surface area contributed by atoms with Gasteiger partial charge < -0.3 is 10.5 Å². The Kier molecular flexibility index (Phi) is 3.50. The number of hydrogen-bond donors (Lipinski definition) is 1. The van der Waals surface area contributed by atoms with Gasteiger partial charge in [0.15, 0.2) is 0 Å². The summed E-state index contributed by atoms with van der Waals surface area (Å²) >= 11 is 0. The molecule has 1 aliphatic carbocycles. The topological polar surface area (TPSA) is 61.0 Å². The lowest BCUT2D eigenvalue weighted by Crippen LogP contribution is -2.28. The Hall–Kier alpha value is -1.32. The second kappa shape index (κ2) is 4.90. The third-order valence-electron chi connectivity index (χ3n) is 3.26. The van der Waals surface area contributed by atoms with Crippen molar-refractivity contribution in [2.75, 3.05) is 5.73 Å². The minimum absolute atomic E-state index is 0.266. The summed E-state index contributed by atoms with van der Waals surface area (Å²) in [4.78, 5) is 8.31. The predicted octanol–water partition coefficient (Wildman–Crippen LogP) is 2.57. The Bertz CT molecular complexity index is 364. The number of anilines is 1. The predicted molar refractivity (Wildman–Crippen MR) is 67.8 cm³/mol. The van der Waals surface area contributed by atoms with E-state index in [0.717, 1.165) is 24.7 Å². The second-order valence-corrected chi connectivity index (χ2v) is 5.34. The normalized spacial score (nSPS) is 29.0. The summed E-state index contributed by atoms with van der Waals surface area (Å²) < 4.78 is 5.93. The van der Waals surface area contributed by atoms with Crippen molar-refractivity contribution in [3.05, 3.63) is 11.9 Å². The maximum Gasteiger partial charge on any atom is 0.218 e. The van der Waals surface area contributed by atoms with Gasteiger partial charge in [-0.05, 0) is 38.0 Å². The zero-order chi connectivity index (χ0) is 12.4. The van der Waals surface area contributed by atoms with Crippen LogP contribution in [0.2, 0.25) is 0 Å². The fraction of sp³-hybridized carbons (Fsp3) is 0.692. The summed E-state index contributed by atoms with van der Waals surface area (Å²) in [7, 11) is 0. The first-order valence-corrected chi connectivity index (χ1v) is 6.30. The average Bonchev–Trinajstić information content (AvgIpc) is 2.13. The smallest absolute Gasteiger partial charge is 0.218 e. The van der Waals surface area contributed by atoms with Crippen LogP contribution in [0.15, 0.2) is 6.07 Å². The Morgan fingerprint density at radius 3 is 2.41 bits per heavy atom. The quantitative estimate of drug-likeness (QED) is 0.855. The van der Waals surface area contributed by atoms with Gasteiger partial charge in [-0.3, -0.25) is 0 Å². The van der Waals surface area contributed by atoms with Gasteiger partial charge in [0.2, 0.25) is 5.88 Å². The number of rotatable bonds is 2. The van der Waals surface area contributed by atoms with Gasteiger partial charge in [-0.1, -0.05) is 13.8 Å². The largest absolute Gasteiger partial charge is 0.474 e. The van der Waals surface area contributed by atoms with E-state index in [1.54, 1.807) is 6.07 Å². The van der Waals surface area contributed by atoms with E-state index in [0.29, 0.717) is 17.5 Å². The van der Waals surface area contributed by atoms with Gasteiger partial charge in [0, 0.05) is 6.07 Å². The highest BCUT2D eigenvalue weighted by Gasteiger charge is 2.25. The van der Waals surface area contributed by atoms with Crippen molar-refractivity contribution in [3.8, 4) is 5.88 Å². The molecule has 1 saturated carbocycles. The number of aryl methyl sites for hydroxylation is 1. The van der Waals surface area contributed by atoms with Crippen LogP contribution in [0, 0.1) is 18.8 Å². The molecule has 1 aliphatic rings. The molecule has 1 fully saturated rings. The summed E-state index contributed by atoms with van der Waals surface area (Å²) in [6.45, 7) is 6.40. The van der Waals surface area contributed by atoms with Gasteiger partial charge in [0.05, 0.1) is 0 Å². The summed E-state index contributed by atoms with van der Waals surface area (Å²) in [5, 5.41) is 0. The van der Waals surface area contributed by atoms with E-state index >= 15 is 0 Å². The van der Waals surface area contributed by atoms with Crippen LogP contribution in [0.4, 0.5) is 5.82 Å². The molecule has 0 aromatic carbocycles. The molecular formula is C13H21N3O. The maximum absolute atomic E-state index is 5.93. The van der Waals surface area contributed by atoms with E-state index in [-0.39, 0.29) is 6.10 Å². The molecule has 1 heterocycles. The zero-order valence-corrected chi connectivity index (χ0v) is 10.8. The van der Waals surface area contributed by atoms with Gasteiger partial charge in [0.25, 0.3) is 0 Å². The lowest BCUT2D eigenvalue weighted by molar-refractivity contribution is 0.0965. The maximum atomic E-state index is 5.93. The van der Waals surface area contributed by atoms with Crippen molar-refractivity contribution < 1.29 is 4.74 Å². The van der Waals surface area contributed by atoms with Crippen LogP contribution in [0.1, 0.15) is 38.9 Å². The van der Waals surface area contributed by atoms with Crippen LogP contribution in [-0.2, 0) is 0 Å².